The number of hydrogen-bond donors (Lipinski definition) is 1. The van der Waals surface area contributed by atoms with Gasteiger partial charge in [-0.2, -0.15) is 18.3 Å². The molecule has 0 saturated carbocycles. The predicted molar refractivity (Wildman–Crippen MR) is 55.2 cm³/mol. The van der Waals surface area contributed by atoms with Gasteiger partial charge >= 0.3 is 6.18 Å². The van der Waals surface area contributed by atoms with Crippen LogP contribution in [0.15, 0.2) is 6.07 Å². The number of anilines is 1. The molecule has 0 aromatic carbocycles. The Morgan fingerprint density at radius 3 is 2.59 bits per heavy atom. The molecule has 1 saturated heterocycles. The van der Waals surface area contributed by atoms with Gasteiger partial charge in [0.2, 0.25) is 0 Å². The fraction of sp³-hybridized carbons (Fsp3) is 0.700. The molecule has 0 atom stereocenters. The third-order valence-corrected chi connectivity index (χ3v) is 2.87. The topological polar surface area (TPSA) is 53.1 Å². The minimum atomic E-state index is -4.44. The number of rotatable bonds is 2. The van der Waals surface area contributed by atoms with Gasteiger partial charge in [-0.1, -0.05) is 0 Å². The number of hydrogen-bond acceptors (Lipinski definition) is 3. The molecule has 2 heterocycles. The van der Waals surface area contributed by atoms with E-state index < -0.39 is 11.9 Å². The van der Waals surface area contributed by atoms with Gasteiger partial charge in [0.15, 0.2) is 5.69 Å². The molecule has 1 aromatic heterocycles. The number of halogens is 3. The summed E-state index contributed by atoms with van der Waals surface area (Å²) in [6.45, 7) is 1.72. The summed E-state index contributed by atoms with van der Waals surface area (Å²) in [5, 5.41) is 3.50. The lowest BCUT2D eigenvalue weighted by atomic mass is 10.0. The lowest BCUT2D eigenvalue weighted by Gasteiger charge is -2.22. The van der Waals surface area contributed by atoms with E-state index in [0.29, 0.717) is 19.8 Å². The highest BCUT2D eigenvalue weighted by Crippen LogP contribution is 2.29. The normalized spacial score (nSPS) is 18.5. The predicted octanol–water partition coefficient (Wildman–Crippen LogP) is 1.91. The fourth-order valence-corrected chi connectivity index (χ4v) is 1.89. The van der Waals surface area contributed by atoms with Crippen molar-refractivity contribution < 1.29 is 17.9 Å². The third kappa shape index (κ3) is 2.91. The highest BCUT2D eigenvalue weighted by Gasteiger charge is 2.34. The Balaban J connectivity index is 2.07. The van der Waals surface area contributed by atoms with E-state index in [4.69, 9.17) is 10.5 Å². The fourth-order valence-electron chi connectivity index (χ4n) is 1.89. The van der Waals surface area contributed by atoms with Crippen LogP contribution in [-0.4, -0.2) is 23.0 Å². The molecule has 1 aromatic rings. The van der Waals surface area contributed by atoms with Crippen LogP contribution in [0.3, 0.4) is 0 Å². The molecule has 4 nitrogen and oxygen atoms in total. The van der Waals surface area contributed by atoms with Crippen molar-refractivity contribution in [1.29, 1.82) is 0 Å². The Kier molecular flexibility index (Phi) is 3.28. The summed E-state index contributed by atoms with van der Waals surface area (Å²) in [6.07, 6.45) is -2.77. The van der Waals surface area contributed by atoms with Crippen molar-refractivity contribution in [3.05, 3.63) is 11.8 Å². The Bertz CT molecular complexity index is 383. The molecule has 2 N–H and O–H groups in total. The van der Waals surface area contributed by atoms with Crippen molar-refractivity contribution in [2.45, 2.75) is 25.6 Å². The van der Waals surface area contributed by atoms with E-state index >= 15 is 0 Å². The molecule has 0 amide bonds. The molecule has 1 aliphatic rings. The van der Waals surface area contributed by atoms with E-state index in [2.05, 4.69) is 5.10 Å². The summed E-state index contributed by atoms with van der Waals surface area (Å²) in [7, 11) is 0. The maximum atomic E-state index is 12.4. The zero-order valence-corrected chi connectivity index (χ0v) is 9.20. The van der Waals surface area contributed by atoms with E-state index in [-0.39, 0.29) is 11.7 Å². The Morgan fingerprint density at radius 2 is 2.06 bits per heavy atom. The summed E-state index contributed by atoms with van der Waals surface area (Å²) in [4.78, 5) is 0. The first-order valence-corrected chi connectivity index (χ1v) is 5.45. The van der Waals surface area contributed by atoms with Crippen molar-refractivity contribution in [2.75, 3.05) is 18.9 Å². The van der Waals surface area contributed by atoms with Crippen molar-refractivity contribution in [1.82, 2.24) is 9.78 Å². The SMILES string of the molecule is Nc1cc(C(F)(F)F)nn1CC1CCOCC1. The largest absolute Gasteiger partial charge is 0.435 e. The molecule has 17 heavy (non-hydrogen) atoms. The summed E-state index contributed by atoms with van der Waals surface area (Å²) in [5.74, 6) is 0.343. The lowest BCUT2D eigenvalue weighted by molar-refractivity contribution is -0.141. The van der Waals surface area contributed by atoms with Gasteiger partial charge in [-0.15, -0.1) is 0 Å². The van der Waals surface area contributed by atoms with E-state index in [9.17, 15) is 13.2 Å². The van der Waals surface area contributed by atoms with E-state index in [1.807, 2.05) is 0 Å². The Labute approximate surface area is 96.5 Å². The summed E-state index contributed by atoms with van der Waals surface area (Å²) >= 11 is 0. The number of nitrogens with two attached hydrogens (primary N) is 1. The minimum Gasteiger partial charge on any atom is -0.384 e. The second-order valence-electron chi connectivity index (χ2n) is 4.19. The number of nitrogens with zero attached hydrogens (tertiary/aromatic N) is 2. The van der Waals surface area contributed by atoms with Crippen LogP contribution in [0.25, 0.3) is 0 Å². The van der Waals surface area contributed by atoms with Crippen molar-refractivity contribution in [3.8, 4) is 0 Å². The highest BCUT2D eigenvalue weighted by atomic mass is 19.4. The monoisotopic (exact) mass is 249 g/mol. The molecule has 1 aliphatic heterocycles. The smallest absolute Gasteiger partial charge is 0.384 e. The molecular weight excluding hydrogens is 235 g/mol. The first-order valence-electron chi connectivity index (χ1n) is 5.45. The second-order valence-corrected chi connectivity index (χ2v) is 4.19. The van der Waals surface area contributed by atoms with Gasteiger partial charge in [0, 0.05) is 25.8 Å². The summed E-state index contributed by atoms with van der Waals surface area (Å²) in [5.41, 5.74) is 4.60. The van der Waals surface area contributed by atoms with Crippen LogP contribution in [0.1, 0.15) is 18.5 Å². The quantitative estimate of drug-likeness (QED) is 0.871. The Hall–Kier alpha value is -1.24. The zero-order chi connectivity index (χ0) is 12.5. The number of aromatic nitrogens is 2. The number of alkyl halides is 3. The molecule has 0 spiro atoms. The first kappa shape index (κ1) is 12.2. The molecule has 2 rings (SSSR count). The molecule has 96 valence electrons. The van der Waals surface area contributed by atoms with Crippen LogP contribution in [-0.2, 0) is 17.5 Å². The second kappa shape index (κ2) is 4.56. The summed E-state index contributed by atoms with van der Waals surface area (Å²) < 4.78 is 43.6. The molecule has 0 aliphatic carbocycles. The third-order valence-electron chi connectivity index (χ3n) is 2.87. The Morgan fingerprint density at radius 1 is 1.41 bits per heavy atom. The number of nitrogen functional groups attached to an aromatic ring is 1. The average molecular weight is 249 g/mol. The molecule has 0 bridgehead atoms. The molecular formula is C10H14F3N3O. The van der Waals surface area contributed by atoms with Crippen LogP contribution in [0, 0.1) is 5.92 Å². The van der Waals surface area contributed by atoms with Crippen LogP contribution >= 0.6 is 0 Å². The van der Waals surface area contributed by atoms with Gasteiger partial charge in [-0.05, 0) is 18.8 Å². The van der Waals surface area contributed by atoms with Crippen LogP contribution in [0.4, 0.5) is 19.0 Å². The van der Waals surface area contributed by atoms with E-state index in [1.165, 1.54) is 4.68 Å². The van der Waals surface area contributed by atoms with E-state index in [1.54, 1.807) is 0 Å². The molecule has 0 unspecified atom stereocenters. The lowest BCUT2D eigenvalue weighted by Crippen LogP contribution is -2.22. The van der Waals surface area contributed by atoms with Crippen LogP contribution in [0.2, 0.25) is 0 Å². The van der Waals surface area contributed by atoms with Crippen LogP contribution < -0.4 is 5.73 Å². The van der Waals surface area contributed by atoms with Crippen molar-refractivity contribution in [3.63, 3.8) is 0 Å². The minimum absolute atomic E-state index is 0.0591. The van der Waals surface area contributed by atoms with Gasteiger partial charge in [0.05, 0.1) is 0 Å². The average Bonchev–Trinajstić information content (AvgIpc) is 2.62. The van der Waals surface area contributed by atoms with Crippen molar-refractivity contribution >= 4 is 5.82 Å². The van der Waals surface area contributed by atoms with Crippen molar-refractivity contribution in [2.24, 2.45) is 5.92 Å². The maximum Gasteiger partial charge on any atom is 0.435 e. The molecule has 1 fully saturated rings. The van der Waals surface area contributed by atoms with Gasteiger partial charge < -0.3 is 10.5 Å². The number of ether oxygens (including phenoxy) is 1. The first-order chi connectivity index (χ1) is 7.97. The van der Waals surface area contributed by atoms with E-state index in [0.717, 1.165) is 18.9 Å². The van der Waals surface area contributed by atoms with Gasteiger partial charge in [-0.3, -0.25) is 0 Å². The zero-order valence-electron chi connectivity index (χ0n) is 9.20. The molecule has 7 heteroatoms. The summed E-state index contributed by atoms with van der Waals surface area (Å²) in [6, 6.07) is 0.874. The van der Waals surface area contributed by atoms with Gasteiger partial charge in [-0.25, -0.2) is 4.68 Å². The maximum absolute atomic E-state index is 12.4. The van der Waals surface area contributed by atoms with Gasteiger partial charge in [0.1, 0.15) is 5.82 Å². The van der Waals surface area contributed by atoms with Crippen LogP contribution in [0.5, 0.6) is 0 Å². The standard InChI is InChI=1S/C10H14F3N3O/c11-10(12,13)8-5-9(14)16(15-8)6-7-1-3-17-4-2-7/h5,7H,1-4,6,14H2. The molecule has 0 radical (unpaired) electrons. The highest BCUT2D eigenvalue weighted by molar-refractivity contribution is 5.31. The van der Waals surface area contributed by atoms with Gasteiger partial charge in [0.25, 0.3) is 0 Å².